The van der Waals surface area contributed by atoms with Gasteiger partial charge in [0.25, 0.3) is 5.91 Å². The number of aromatic nitrogens is 3. The minimum Gasteiger partial charge on any atom is -0.337 e. The summed E-state index contributed by atoms with van der Waals surface area (Å²) in [6.07, 6.45) is 0. The monoisotopic (exact) mass is 342 g/mol. The van der Waals surface area contributed by atoms with E-state index in [2.05, 4.69) is 53.3 Å². The first-order chi connectivity index (χ1) is 12.0. The Hall–Kier alpha value is -2.41. The molecule has 1 saturated heterocycles. The number of carbonyl (C=O) groups excluding carboxylic acids is 1. The standard InChI is InChI=1S/C18H26N6O/c1-12(2)23-7-9-24(10-8-23)18(25)16-17(21-22-20-16)19-15-6-5-13(3)14(4)11-15/h5-6,11-12H,7-10H2,1-4H3,(H2,19,20,21,22). The van der Waals surface area contributed by atoms with Gasteiger partial charge in [-0.1, -0.05) is 6.07 Å². The lowest BCUT2D eigenvalue weighted by Gasteiger charge is -2.36. The van der Waals surface area contributed by atoms with Gasteiger partial charge in [-0.2, -0.15) is 5.21 Å². The lowest BCUT2D eigenvalue weighted by molar-refractivity contribution is 0.0591. The highest BCUT2D eigenvalue weighted by atomic mass is 16.2. The van der Waals surface area contributed by atoms with Crippen LogP contribution in [-0.4, -0.2) is 63.3 Å². The zero-order valence-electron chi connectivity index (χ0n) is 15.3. The van der Waals surface area contributed by atoms with Gasteiger partial charge in [-0.25, -0.2) is 0 Å². The molecular formula is C18H26N6O. The zero-order valence-corrected chi connectivity index (χ0v) is 15.3. The Morgan fingerprint density at radius 2 is 1.84 bits per heavy atom. The second-order valence-electron chi connectivity index (χ2n) is 6.87. The van der Waals surface area contributed by atoms with E-state index < -0.39 is 0 Å². The van der Waals surface area contributed by atoms with Crippen molar-refractivity contribution in [3.05, 3.63) is 35.0 Å². The maximum absolute atomic E-state index is 12.8. The number of hydrogen-bond donors (Lipinski definition) is 2. The Morgan fingerprint density at radius 1 is 1.12 bits per heavy atom. The largest absolute Gasteiger partial charge is 0.337 e. The third-order valence-corrected chi connectivity index (χ3v) is 4.85. The number of amides is 1. The summed E-state index contributed by atoms with van der Waals surface area (Å²) >= 11 is 0. The Morgan fingerprint density at radius 3 is 2.48 bits per heavy atom. The number of rotatable bonds is 4. The van der Waals surface area contributed by atoms with E-state index in [0.29, 0.717) is 30.6 Å². The molecule has 7 nitrogen and oxygen atoms in total. The number of H-pyrrole nitrogens is 1. The predicted octanol–water partition coefficient (Wildman–Crippen LogP) is 2.33. The number of carbonyl (C=O) groups is 1. The molecule has 7 heteroatoms. The van der Waals surface area contributed by atoms with Crippen LogP contribution in [-0.2, 0) is 0 Å². The van der Waals surface area contributed by atoms with Gasteiger partial charge in [-0.3, -0.25) is 9.69 Å². The summed E-state index contributed by atoms with van der Waals surface area (Å²) in [5, 5.41) is 14.0. The minimum atomic E-state index is -0.0801. The van der Waals surface area contributed by atoms with Crippen molar-refractivity contribution < 1.29 is 4.79 Å². The van der Waals surface area contributed by atoms with Crippen LogP contribution in [0.25, 0.3) is 0 Å². The SMILES string of the molecule is Cc1ccc(Nc2n[nH]nc2C(=O)N2CCN(C(C)C)CC2)cc1C. The molecule has 0 bridgehead atoms. The van der Waals surface area contributed by atoms with Gasteiger partial charge in [-0.05, 0) is 51.0 Å². The highest BCUT2D eigenvalue weighted by molar-refractivity contribution is 5.97. The molecule has 134 valence electrons. The van der Waals surface area contributed by atoms with Crippen LogP contribution in [0.3, 0.4) is 0 Å². The lowest BCUT2D eigenvalue weighted by Crippen LogP contribution is -2.50. The molecule has 0 saturated carbocycles. The molecule has 0 unspecified atom stereocenters. The molecule has 1 aromatic carbocycles. The highest BCUT2D eigenvalue weighted by Gasteiger charge is 2.27. The molecule has 2 aromatic rings. The predicted molar refractivity (Wildman–Crippen MR) is 98.2 cm³/mol. The molecule has 1 aromatic heterocycles. The van der Waals surface area contributed by atoms with Crippen molar-refractivity contribution in [3.8, 4) is 0 Å². The van der Waals surface area contributed by atoms with Crippen molar-refractivity contribution >= 4 is 17.4 Å². The maximum Gasteiger partial charge on any atom is 0.278 e. The number of nitrogens with one attached hydrogen (secondary N) is 2. The molecule has 0 atom stereocenters. The lowest BCUT2D eigenvalue weighted by atomic mass is 10.1. The summed E-state index contributed by atoms with van der Waals surface area (Å²) in [4.78, 5) is 17.0. The van der Waals surface area contributed by atoms with E-state index in [1.807, 2.05) is 23.1 Å². The van der Waals surface area contributed by atoms with Crippen LogP contribution >= 0.6 is 0 Å². The summed E-state index contributed by atoms with van der Waals surface area (Å²) in [6.45, 7) is 11.7. The second-order valence-corrected chi connectivity index (χ2v) is 6.87. The van der Waals surface area contributed by atoms with Crippen molar-refractivity contribution in [2.24, 2.45) is 0 Å². The highest BCUT2D eigenvalue weighted by Crippen LogP contribution is 2.21. The van der Waals surface area contributed by atoms with Crippen LogP contribution in [0.4, 0.5) is 11.5 Å². The fourth-order valence-corrected chi connectivity index (χ4v) is 3.01. The van der Waals surface area contributed by atoms with Crippen molar-refractivity contribution in [1.82, 2.24) is 25.2 Å². The number of hydrogen-bond acceptors (Lipinski definition) is 5. The minimum absolute atomic E-state index is 0.0801. The number of aromatic amines is 1. The Labute approximate surface area is 148 Å². The first kappa shape index (κ1) is 17.4. The maximum atomic E-state index is 12.8. The zero-order chi connectivity index (χ0) is 18.0. The molecule has 25 heavy (non-hydrogen) atoms. The molecule has 2 N–H and O–H groups in total. The number of anilines is 2. The van der Waals surface area contributed by atoms with Crippen LogP contribution in [0.1, 0.15) is 35.5 Å². The number of piperazine rings is 1. The van der Waals surface area contributed by atoms with Crippen LogP contribution in [0, 0.1) is 13.8 Å². The van der Waals surface area contributed by atoms with E-state index >= 15 is 0 Å². The normalized spacial score (nSPS) is 15.6. The molecule has 1 amide bonds. The summed E-state index contributed by atoms with van der Waals surface area (Å²) in [5.41, 5.74) is 3.66. The first-order valence-electron chi connectivity index (χ1n) is 8.74. The molecule has 0 aliphatic carbocycles. The van der Waals surface area contributed by atoms with E-state index in [1.165, 1.54) is 11.1 Å². The van der Waals surface area contributed by atoms with Crippen molar-refractivity contribution in [3.63, 3.8) is 0 Å². The third-order valence-electron chi connectivity index (χ3n) is 4.85. The fraction of sp³-hybridized carbons (Fsp3) is 0.500. The molecule has 0 radical (unpaired) electrons. The molecule has 2 heterocycles. The number of nitrogens with zero attached hydrogens (tertiary/aromatic N) is 4. The Balaban J connectivity index is 1.71. The molecule has 1 aliphatic rings. The summed E-state index contributed by atoms with van der Waals surface area (Å²) in [6, 6.07) is 6.57. The quantitative estimate of drug-likeness (QED) is 0.892. The van der Waals surface area contributed by atoms with Crippen LogP contribution < -0.4 is 5.32 Å². The summed E-state index contributed by atoms with van der Waals surface area (Å²) in [5.74, 6) is 0.392. The average molecular weight is 342 g/mol. The van der Waals surface area contributed by atoms with Gasteiger partial charge < -0.3 is 10.2 Å². The van der Waals surface area contributed by atoms with E-state index in [1.54, 1.807) is 0 Å². The van der Waals surface area contributed by atoms with E-state index in [0.717, 1.165) is 18.8 Å². The Bertz CT molecular complexity index is 746. The van der Waals surface area contributed by atoms with Gasteiger partial charge in [0.2, 0.25) is 0 Å². The summed E-state index contributed by atoms with van der Waals surface area (Å²) in [7, 11) is 0. The van der Waals surface area contributed by atoms with Gasteiger partial charge in [0.15, 0.2) is 11.5 Å². The number of benzene rings is 1. The smallest absolute Gasteiger partial charge is 0.278 e. The van der Waals surface area contributed by atoms with Gasteiger partial charge in [0.1, 0.15) is 0 Å². The summed E-state index contributed by atoms with van der Waals surface area (Å²) < 4.78 is 0. The van der Waals surface area contributed by atoms with Gasteiger partial charge in [-0.15, -0.1) is 10.2 Å². The van der Waals surface area contributed by atoms with Crippen molar-refractivity contribution in [2.75, 3.05) is 31.5 Å². The first-order valence-corrected chi connectivity index (χ1v) is 8.74. The molecule has 0 spiro atoms. The van der Waals surface area contributed by atoms with Crippen molar-refractivity contribution in [2.45, 2.75) is 33.7 Å². The van der Waals surface area contributed by atoms with Crippen LogP contribution in [0.2, 0.25) is 0 Å². The fourth-order valence-electron chi connectivity index (χ4n) is 3.01. The van der Waals surface area contributed by atoms with Crippen LogP contribution in [0.15, 0.2) is 18.2 Å². The van der Waals surface area contributed by atoms with Gasteiger partial charge in [0.05, 0.1) is 0 Å². The average Bonchev–Trinajstić information content (AvgIpc) is 3.05. The molecule has 1 fully saturated rings. The Kier molecular flexibility index (Phi) is 5.03. The second kappa shape index (κ2) is 7.23. The topological polar surface area (TPSA) is 77.1 Å². The molecular weight excluding hydrogens is 316 g/mol. The van der Waals surface area contributed by atoms with E-state index in [4.69, 9.17) is 0 Å². The van der Waals surface area contributed by atoms with Crippen LogP contribution in [0.5, 0.6) is 0 Å². The van der Waals surface area contributed by atoms with Gasteiger partial charge in [0, 0.05) is 37.9 Å². The van der Waals surface area contributed by atoms with Crippen molar-refractivity contribution in [1.29, 1.82) is 0 Å². The van der Waals surface area contributed by atoms with Gasteiger partial charge >= 0.3 is 0 Å². The number of aryl methyl sites for hydroxylation is 2. The molecule has 3 rings (SSSR count). The molecule has 1 aliphatic heterocycles. The third kappa shape index (κ3) is 3.82. The van der Waals surface area contributed by atoms with E-state index in [-0.39, 0.29) is 5.91 Å². The van der Waals surface area contributed by atoms with E-state index in [9.17, 15) is 4.79 Å².